The fourth-order valence-electron chi connectivity index (χ4n) is 1.83. The molecule has 1 heterocycles. The molecule has 0 radical (unpaired) electrons. The molecule has 0 saturated heterocycles. The van der Waals surface area contributed by atoms with Gasteiger partial charge in [0.25, 0.3) is 0 Å². The number of rotatable bonds is 3. The molecule has 0 saturated carbocycles. The molecule has 124 valence electrons. The van der Waals surface area contributed by atoms with Gasteiger partial charge in [-0.2, -0.15) is 0 Å². The molecule has 0 bridgehead atoms. The number of hydrogen-bond acceptors (Lipinski definition) is 7. The molecular weight excluding hydrogens is 347 g/mol. The summed E-state index contributed by atoms with van der Waals surface area (Å²) in [5.74, 6) is -0.734. The Morgan fingerprint density at radius 3 is 2.54 bits per heavy atom. The summed E-state index contributed by atoms with van der Waals surface area (Å²) < 4.78 is 40.9. The van der Waals surface area contributed by atoms with Crippen molar-refractivity contribution < 1.29 is 28.1 Å². The van der Waals surface area contributed by atoms with Crippen LogP contribution in [0.25, 0.3) is 10.2 Å². The number of hydrogen-bond donors (Lipinski definition) is 2. The van der Waals surface area contributed by atoms with Crippen molar-refractivity contribution in [3.8, 4) is 17.2 Å². The van der Waals surface area contributed by atoms with Crippen LogP contribution in [0.5, 0.6) is 17.2 Å². The number of phenolic OH excluding ortho intramolecular Hbond substituents is 2. The Morgan fingerprint density at radius 1 is 1.04 bits per heavy atom. The summed E-state index contributed by atoms with van der Waals surface area (Å²) in [5, 5.41) is 26.6. The summed E-state index contributed by atoms with van der Waals surface area (Å²) in [5.41, 5.74) is 0.562. The van der Waals surface area contributed by atoms with Crippen molar-refractivity contribution in [3.05, 3.63) is 36.4 Å². The van der Waals surface area contributed by atoms with Gasteiger partial charge in [0, 0.05) is 12.1 Å². The van der Waals surface area contributed by atoms with E-state index in [-0.39, 0.29) is 28.1 Å². The Morgan fingerprint density at radius 2 is 1.83 bits per heavy atom. The summed E-state index contributed by atoms with van der Waals surface area (Å²) >= 11 is 1.02. The molecule has 2 N–H and O–H groups in total. The van der Waals surface area contributed by atoms with Crippen LogP contribution in [0.1, 0.15) is 0 Å². The summed E-state index contributed by atoms with van der Waals surface area (Å²) in [6, 6.07) is 7.53. The van der Waals surface area contributed by atoms with E-state index < -0.39 is 6.36 Å². The molecule has 0 aliphatic heterocycles. The second-order valence-electron chi connectivity index (χ2n) is 4.55. The van der Waals surface area contributed by atoms with Crippen molar-refractivity contribution in [1.82, 2.24) is 4.98 Å². The van der Waals surface area contributed by atoms with Gasteiger partial charge in [-0.05, 0) is 24.3 Å². The van der Waals surface area contributed by atoms with E-state index in [0.717, 1.165) is 23.5 Å². The maximum Gasteiger partial charge on any atom is 0.573 e. The number of aromatic nitrogens is 1. The lowest BCUT2D eigenvalue weighted by Crippen LogP contribution is -2.16. The van der Waals surface area contributed by atoms with Crippen LogP contribution in [-0.2, 0) is 0 Å². The van der Waals surface area contributed by atoms with Gasteiger partial charge in [0.15, 0.2) is 0 Å². The van der Waals surface area contributed by atoms with Crippen molar-refractivity contribution >= 4 is 32.4 Å². The third kappa shape index (κ3) is 3.71. The molecule has 24 heavy (non-hydrogen) atoms. The Bertz CT molecular complexity index is 925. The smallest absolute Gasteiger partial charge is 0.508 e. The van der Waals surface area contributed by atoms with Crippen molar-refractivity contribution in [2.75, 3.05) is 0 Å². The van der Waals surface area contributed by atoms with Crippen molar-refractivity contribution in [2.24, 2.45) is 10.2 Å². The fourth-order valence-corrected chi connectivity index (χ4v) is 2.64. The maximum atomic E-state index is 12.2. The van der Waals surface area contributed by atoms with Crippen LogP contribution >= 0.6 is 11.3 Å². The van der Waals surface area contributed by atoms with Crippen molar-refractivity contribution in [3.63, 3.8) is 0 Å². The lowest BCUT2D eigenvalue weighted by atomic mass is 10.3. The first-order valence-electron chi connectivity index (χ1n) is 6.40. The number of alkyl halides is 3. The van der Waals surface area contributed by atoms with Gasteiger partial charge in [-0.1, -0.05) is 11.3 Å². The Balaban J connectivity index is 1.86. The molecule has 10 heteroatoms. The van der Waals surface area contributed by atoms with E-state index in [1.54, 1.807) is 0 Å². The zero-order chi connectivity index (χ0) is 17.3. The Labute approximate surface area is 136 Å². The van der Waals surface area contributed by atoms with Crippen LogP contribution in [-0.4, -0.2) is 21.6 Å². The van der Waals surface area contributed by atoms with E-state index in [9.17, 15) is 23.4 Å². The van der Waals surface area contributed by atoms with Crippen LogP contribution in [0, 0.1) is 0 Å². The first-order valence-corrected chi connectivity index (χ1v) is 7.22. The third-order valence-corrected chi connectivity index (χ3v) is 3.69. The molecule has 0 spiro atoms. The molecule has 1 aromatic heterocycles. The monoisotopic (exact) mass is 355 g/mol. The van der Waals surface area contributed by atoms with Gasteiger partial charge < -0.3 is 14.9 Å². The zero-order valence-electron chi connectivity index (χ0n) is 11.7. The molecule has 3 aromatic rings. The predicted octanol–water partition coefficient (Wildman–Crippen LogP) is 5.02. The number of azo groups is 1. The van der Waals surface area contributed by atoms with Gasteiger partial charge in [0.05, 0.1) is 10.2 Å². The van der Waals surface area contributed by atoms with Crippen LogP contribution in [0.3, 0.4) is 0 Å². The molecule has 3 rings (SSSR count). The minimum absolute atomic E-state index is 0.119. The minimum atomic E-state index is -4.77. The van der Waals surface area contributed by atoms with Gasteiger partial charge in [-0.3, -0.25) is 0 Å². The first kappa shape index (κ1) is 16.0. The Kier molecular flexibility index (Phi) is 3.97. The maximum absolute atomic E-state index is 12.2. The highest BCUT2D eigenvalue weighted by molar-refractivity contribution is 7.21. The largest absolute Gasteiger partial charge is 0.573 e. The summed E-state index contributed by atoms with van der Waals surface area (Å²) in [4.78, 5) is 4.10. The number of ether oxygens (including phenoxy) is 1. The summed E-state index contributed by atoms with van der Waals surface area (Å²) in [6.07, 6.45) is -4.77. The van der Waals surface area contributed by atoms with E-state index in [2.05, 4.69) is 19.9 Å². The minimum Gasteiger partial charge on any atom is -0.508 e. The third-order valence-electron chi connectivity index (χ3n) is 2.78. The fraction of sp³-hybridized carbons (Fsp3) is 0.0714. The van der Waals surface area contributed by atoms with Crippen LogP contribution < -0.4 is 4.74 Å². The lowest BCUT2D eigenvalue weighted by molar-refractivity contribution is -0.274. The van der Waals surface area contributed by atoms with E-state index in [4.69, 9.17) is 0 Å². The molecule has 0 aliphatic rings. The van der Waals surface area contributed by atoms with Gasteiger partial charge in [-0.15, -0.1) is 23.4 Å². The zero-order valence-corrected chi connectivity index (χ0v) is 12.5. The molecule has 0 aliphatic carbocycles. The molecule has 0 fully saturated rings. The van der Waals surface area contributed by atoms with Crippen LogP contribution in [0.4, 0.5) is 24.0 Å². The average molecular weight is 355 g/mol. The van der Waals surface area contributed by atoms with Gasteiger partial charge in [-0.25, -0.2) is 4.98 Å². The number of halogens is 3. The van der Waals surface area contributed by atoms with Gasteiger partial charge in [0.2, 0.25) is 5.13 Å². The number of thiazole rings is 1. The van der Waals surface area contributed by atoms with Crippen LogP contribution in [0.2, 0.25) is 0 Å². The summed E-state index contributed by atoms with van der Waals surface area (Å²) in [6.45, 7) is 0. The number of fused-ring (bicyclic) bond motifs is 1. The quantitative estimate of drug-likeness (QED) is 0.646. The second-order valence-corrected chi connectivity index (χ2v) is 5.56. The predicted molar refractivity (Wildman–Crippen MR) is 80.3 cm³/mol. The first-order chi connectivity index (χ1) is 11.3. The van der Waals surface area contributed by atoms with Crippen LogP contribution in [0.15, 0.2) is 46.6 Å². The number of benzene rings is 2. The van der Waals surface area contributed by atoms with Gasteiger partial charge >= 0.3 is 6.36 Å². The average Bonchev–Trinajstić information content (AvgIpc) is 2.86. The van der Waals surface area contributed by atoms with Crippen molar-refractivity contribution in [1.29, 1.82) is 0 Å². The molecule has 0 atom stereocenters. The van der Waals surface area contributed by atoms with E-state index >= 15 is 0 Å². The second kappa shape index (κ2) is 5.96. The van der Waals surface area contributed by atoms with Crippen molar-refractivity contribution in [2.45, 2.75) is 6.36 Å². The molecule has 0 unspecified atom stereocenters. The highest BCUT2D eigenvalue weighted by Gasteiger charge is 2.31. The SMILES string of the molecule is Oc1ccc(N=Nc2nc3ccc(OC(F)(F)F)cc3s2)c(O)c1. The normalized spacial score (nSPS) is 12.1. The van der Waals surface area contributed by atoms with E-state index in [1.165, 1.54) is 24.3 Å². The molecule has 6 nitrogen and oxygen atoms in total. The number of nitrogens with zero attached hydrogens (tertiary/aromatic N) is 3. The topological polar surface area (TPSA) is 87.3 Å². The molecular formula is C14H8F3N3O3S. The highest BCUT2D eigenvalue weighted by Crippen LogP contribution is 2.35. The van der Waals surface area contributed by atoms with E-state index in [1.807, 2.05) is 0 Å². The number of phenols is 2. The highest BCUT2D eigenvalue weighted by atomic mass is 32.1. The standard InChI is InChI=1S/C14H8F3N3O3S/c15-14(16,17)23-8-2-4-10-12(6-8)24-13(18-10)20-19-9-3-1-7(21)5-11(9)22/h1-6,21-22H. The lowest BCUT2D eigenvalue weighted by Gasteiger charge is -2.07. The van der Waals surface area contributed by atoms with Gasteiger partial charge in [0.1, 0.15) is 22.9 Å². The summed E-state index contributed by atoms with van der Waals surface area (Å²) in [7, 11) is 0. The Hall–Kier alpha value is -2.88. The molecule has 2 aromatic carbocycles. The molecule has 0 amide bonds. The van der Waals surface area contributed by atoms with E-state index in [0.29, 0.717) is 10.2 Å². The number of aromatic hydroxyl groups is 2.